The molecule has 0 unspecified atom stereocenters. The lowest BCUT2D eigenvalue weighted by molar-refractivity contribution is 0.205. The van der Waals surface area contributed by atoms with Gasteiger partial charge in [0.25, 0.3) is 0 Å². The van der Waals surface area contributed by atoms with Gasteiger partial charge in [0.05, 0.1) is 0 Å². The third-order valence-corrected chi connectivity index (χ3v) is 2.15. The van der Waals surface area contributed by atoms with Crippen LogP contribution in [0.25, 0.3) is 0 Å². The second kappa shape index (κ2) is 5.20. The summed E-state index contributed by atoms with van der Waals surface area (Å²) in [5.41, 5.74) is 0. The zero-order valence-corrected chi connectivity index (χ0v) is 8.43. The molecule has 14 heavy (non-hydrogen) atoms. The van der Waals surface area contributed by atoms with Crippen LogP contribution >= 0.6 is 11.8 Å². The Morgan fingerprint density at radius 2 is 2.43 bits per heavy atom. The van der Waals surface area contributed by atoms with Gasteiger partial charge in [-0.3, -0.25) is 0 Å². The molecule has 0 spiro atoms. The molecule has 0 aliphatic carbocycles. The van der Waals surface area contributed by atoms with Crippen LogP contribution in [0.4, 0.5) is 4.79 Å². The van der Waals surface area contributed by atoms with E-state index in [2.05, 4.69) is 5.32 Å². The molecule has 4 heteroatoms. The van der Waals surface area contributed by atoms with Crippen LogP contribution in [-0.4, -0.2) is 12.3 Å². The Bertz CT molecular complexity index is 371. The van der Waals surface area contributed by atoms with Gasteiger partial charge in [-0.2, -0.15) is 0 Å². The number of nitrogens with one attached hydrogen (secondary N) is 1. The molecule has 1 amide bonds. The number of carbonyl (C=O) groups is 1. The fraction of sp³-hybridized carbons (Fsp3) is 0.100. The average Bonchev–Trinajstić information content (AvgIpc) is 2.18. The number of terminal acetylenes is 1. The van der Waals surface area contributed by atoms with Crippen LogP contribution in [0.5, 0.6) is 5.75 Å². The summed E-state index contributed by atoms with van der Waals surface area (Å²) in [5, 5.41) is 2.09. The van der Waals surface area contributed by atoms with Crippen molar-refractivity contribution in [2.45, 2.75) is 4.90 Å². The summed E-state index contributed by atoms with van der Waals surface area (Å²) in [6.45, 7) is 0. The molecule has 1 N–H and O–H groups in total. The lowest BCUT2D eigenvalue weighted by atomic mass is 10.3. The van der Waals surface area contributed by atoms with Gasteiger partial charge in [-0.25, -0.2) is 10.1 Å². The predicted octanol–water partition coefficient (Wildman–Crippen LogP) is 2.09. The summed E-state index contributed by atoms with van der Waals surface area (Å²) in [6, 6.07) is 9.18. The highest BCUT2D eigenvalue weighted by Crippen LogP contribution is 2.20. The first-order valence-corrected chi connectivity index (χ1v) is 5.06. The van der Waals surface area contributed by atoms with Crippen molar-refractivity contribution in [2.75, 3.05) is 6.26 Å². The van der Waals surface area contributed by atoms with Crippen molar-refractivity contribution in [3.05, 3.63) is 24.3 Å². The molecule has 1 aromatic rings. The lowest BCUT2D eigenvalue weighted by Crippen LogP contribution is -2.21. The van der Waals surface area contributed by atoms with E-state index in [1.54, 1.807) is 23.9 Å². The normalized spacial score (nSPS) is 8.86. The summed E-state index contributed by atoms with van der Waals surface area (Å²) < 4.78 is 4.89. The standard InChI is InChI=1S/C10H9NO2S/c1-3-11-10(12)13-8-5-4-6-9(7-8)14-2/h1,4-7H,2H3,(H,11,12). The smallest absolute Gasteiger partial charge is 0.410 e. The van der Waals surface area contributed by atoms with Gasteiger partial charge in [0, 0.05) is 10.9 Å². The average molecular weight is 207 g/mol. The highest BCUT2D eigenvalue weighted by Gasteiger charge is 2.02. The molecular weight excluding hydrogens is 198 g/mol. The number of rotatable bonds is 2. The Balaban J connectivity index is 2.68. The summed E-state index contributed by atoms with van der Waals surface area (Å²) in [4.78, 5) is 12.0. The molecule has 0 saturated heterocycles. The number of hydrogen-bond donors (Lipinski definition) is 1. The van der Waals surface area contributed by atoms with E-state index < -0.39 is 6.09 Å². The van der Waals surface area contributed by atoms with Crippen molar-refractivity contribution in [3.63, 3.8) is 0 Å². The third-order valence-electron chi connectivity index (χ3n) is 1.43. The zero-order valence-electron chi connectivity index (χ0n) is 7.61. The first kappa shape index (κ1) is 10.5. The highest BCUT2D eigenvalue weighted by molar-refractivity contribution is 7.98. The predicted molar refractivity (Wildman–Crippen MR) is 56.2 cm³/mol. The Hall–Kier alpha value is -1.60. The van der Waals surface area contributed by atoms with Gasteiger partial charge in [0.15, 0.2) is 0 Å². The van der Waals surface area contributed by atoms with E-state index in [-0.39, 0.29) is 0 Å². The van der Waals surface area contributed by atoms with Crippen molar-refractivity contribution in [1.82, 2.24) is 5.32 Å². The van der Waals surface area contributed by atoms with Crippen LogP contribution in [0.3, 0.4) is 0 Å². The van der Waals surface area contributed by atoms with Crippen LogP contribution in [0.15, 0.2) is 29.2 Å². The molecule has 0 aromatic heterocycles. The molecule has 72 valence electrons. The van der Waals surface area contributed by atoms with E-state index in [4.69, 9.17) is 11.2 Å². The van der Waals surface area contributed by atoms with Crippen LogP contribution < -0.4 is 10.1 Å². The van der Waals surface area contributed by atoms with Crippen LogP contribution in [0.1, 0.15) is 0 Å². The summed E-state index contributed by atoms with van der Waals surface area (Å²) in [5.74, 6) is 0.476. The van der Waals surface area contributed by atoms with Gasteiger partial charge in [-0.05, 0) is 24.5 Å². The Morgan fingerprint density at radius 3 is 3.07 bits per heavy atom. The Morgan fingerprint density at radius 1 is 1.64 bits per heavy atom. The maximum atomic E-state index is 10.9. The molecule has 0 radical (unpaired) electrons. The van der Waals surface area contributed by atoms with Crippen molar-refractivity contribution >= 4 is 17.9 Å². The minimum atomic E-state index is -0.647. The minimum Gasteiger partial charge on any atom is -0.410 e. The quantitative estimate of drug-likeness (QED) is 0.458. The van der Waals surface area contributed by atoms with Crippen LogP contribution in [0, 0.1) is 12.5 Å². The monoisotopic (exact) mass is 207 g/mol. The van der Waals surface area contributed by atoms with Crippen molar-refractivity contribution < 1.29 is 9.53 Å². The van der Waals surface area contributed by atoms with Crippen molar-refractivity contribution in [1.29, 1.82) is 0 Å². The molecule has 0 bridgehead atoms. The van der Waals surface area contributed by atoms with Crippen molar-refractivity contribution in [2.24, 2.45) is 0 Å². The van der Waals surface area contributed by atoms with E-state index >= 15 is 0 Å². The second-order valence-corrected chi connectivity index (χ2v) is 3.22. The topological polar surface area (TPSA) is 38.3 Å². The number of hydrogen-bond acceptors (Lipinski definition) is 3. The number of thioether (sulfide) groups is 1. The Kier molecular flexibility index (Phi) is 3.89. The fourth-order valence-corrected chi connectivity index (χ4v) is 1.30. The molecule has 1 aromatic carbocycles. The van der Waals surface area contributed by atoms with Gasteiger partial charge in [0.1, 0.15) is 5.75 Å². The van der Waals surface area contributed by atoms with E-state index in [9.17, 15) is 4.79 Å². The van der Waals surface area contributed by atoms with Gasteiger partial charge in [-0.1, -0.05) is 12.5 Å². The molecule has 1 rings (SSSR count). The molecule has 0 aliphatic heterocycles. The van der Waals surface area contributed by atoms with Gasteiger partial charge >= 0.3 is 6.09 Å². The molecule has 0 heterocycles. The SMILES string of the molecule is C#CNC(=O)Oc1cccc(SC)c1. The van der Waals surface area contributed by atoms with Crippen LogP contribution in [0.2, 0.25) is 0 Å². The molecule has 3 nitrogen and oxygen atoms in total. The van der Waals surface area contributed by atoms with Gasteiger partial charge in [0.2, 0.25) is 0 Å². The number of carbonyl (C=O) groups excluding carboxylic acids is 1. The zero-order chi connectivity index (χ0) is 10.4. The summed E-state index contributed by atoms with van der Waals surface area (Å²) >= 11 is 1.57. The second-order valence-electron chi connectivity index (χ2n) is 2.34. The summed E-state index contributed by atoms with van der Waals surface area (Å²) in [7, 11) is 0. The maximum Gasteiger partial charge on any atom is 0.424 e. The highest BCUT2D eigenvalue weighted by atomic mass is 32.2. The lowest BCUT2D eigenvalue weighted by Gasteiger charge is -2.03. The first-order valence-electron chi connectivity index (χ1n) is 3.83. The molecule has 0 aliphatic rings. The Labute approximate surface area is 86.8 Å². The molecule has 0 atom stereocenters. The van der Waals surface area contributed by atoms with Crippen molar-refractivity contribution in [3.8, 4) is 18.2 Å². The van der Waals surface area contributed by atoms with Gasteiger partial charge in [-0.15, -0.1) is 11.8 Å². The molecular formula is C10H9NO2S. The number of amides is 1. The van der Waals surface area contributed by atoms with E-state index in [1.165, 1.54) is 0 Å². The minimum absolute atomic E-state index is 0.476. The first-order chi connectivity index (χ1) is 6.76. The largest absolute Gasteiger partial charge is 0.424 e. The number of ether oxygens (including phenoxy) is 1. The van der Waals surface area contributed by atoms with Gasteiger partial charge < -0.3 is 4.74 Å². The molecule has 0 fully saturated rings. The van der Waals surface area contributed by atoms with E-state index in [0.717, 1.165) is 4.90 Å². The number of benzene rings is 1. The molecule has 0 saturated carbocycles. The fourth-order valence-electron chi connectivity index (χ4n) is 0.856. The summed E-state index contributed by atoms with van der Waals surface area (Å²) in [6.07, 6.45) is 6.17. The van der Waals surface area contributed by atoms with Crippen LogP contribution in [-0.2, 0) is 0 Å². The third kappa shape index (κ3) is 3.04. The maximum absolute atomic E-state index is 10.9. The van der Waals surface area contributed by atoms with E-state index in [0.29, 0.717) is 5.75 Å². The van der Waals surface area contributed by atoms with E-state index in [1.807, 2.05) is 24.4 Å².